The predicted molar refractivity (Wildman–Crippen MR) is 156 cm³/mol. The lowest BCUT2D eigenvalue weighted by Crippen LogP contribution is -2.58. The molecular formula is C30H32ClFN6O. The number of fused-ring (bicyclic) bond motifs is 4. The summed E-state index contributed by atoms with van der Waals surface area (Å²) >= 11 is 6.87. The molecule has 2 bridgehead atoms. The summed E-state index contributed by atoms with van der Waals surface area (Å²) in [5, 5.41) is 13.0. The molecule has 4 heterocycles. The molecule has 0 saturated carbocycles. The van der Waals surface area contributed by atoms with Crippen LogP contribution in [0.15, 0.2) is 42.5 Å². The minimum atomic E-state index is -0.486. The Bertz CT molecular complexity index is 1590. The fourth-order valence-electron chi connectivity index (χ4n) is 6.53. The number of aromatic nitrogens is 2. The van der Waals surface area contributed by atoms with Gasteiger partial charge in [0.05, 0.1) is 5.02 Å². The van der Waals surface area contributed by atoms with E-state index in [2.05, 4.69) is 40.7 Å². The largest absolute Gasteiger partial charge is 0.508 e. The molecule has 7 nitrogen and oxygen atoms in total. The summed E-state index contributed by atoms with van der Waals surface area (Å²) in [4.78, 5) is 18.9. The van der Waals surface area contributed by atoms with Crippen LogP contribution in [-0.2, 0) is 0 Å². The van der Waals surface area contributed by atoms with Gasteiger partial charge in [-0.15, -0.1) is 0 Å². The van der Waals surface area contributed by atoms with Crippen LogP contribution in [-0.4, -0.2) is 90.3 Å². The van der Waals surface area contributed by atoms with Gasteiger partial charge in [-0.2, -0.15) is 4.98 Å². The van der Waals surface area contributed by atoms with E-state index in [1.165, 1.54) is 0 Å². The number of piperazine rings is 1. The van der Waals surface area contributed by atoms with Gasteiger partial charge in [0.1, 0.15) is 17.1 Å². The highest BCUT2D eigenvalue weighted by Gasteiger charge is 2.39. The van der Waals surface area contributed by atoms with Crippen LogP contribution in [0.1, 0.15) is 12.8 Å². The van der Waals surface area contributed by atoms with Gasteiger partial charge < -0.3 is 19.8 Å². The van der Waals surface area contributed by atoms with Crippen molar-refractivity contribution in [3.8, 4) is 16.9 Å². The zero-order valence-corrected chi connectivity index (χ0v) is 23.2. The van der Waals surface area contributed by atoms with Gasteiger partial charge in [0.25, 0.3) is 0 Å². The van der Waals surface area contributed by atoms with Gasteiger partial charge in [0.15, 0.2) is 5.82 Å². The molecule has 0 spiro atoms. The molecule has 202 valence electrons. The lowest BCUT2D eigenvalue weighted by atomic mass is 9.96. The maximum absolute atomic E-state index is 16.7. The number of benzene rings is 3. The molecule has 0 unspecified atom stereocenters. The topological polar surface area (TPSA) is 59.0 Å². The third kappa shape index (κ3) is 4.00. The molecule has 9 heteroatoms. The van der Waals surface area contributed by atoms with E-state index in [1.807, 2.05) is 30.3 Å². The van der Waals surface area contributed by atoms with Gasteiger partial charge in [-0.05, 0) is 68.5 Å². The molecule has 4 aromatic rings. The average molecular weight is 547 g/mol. The summed E-state index contributed by atoms with van der Waals surface area (Å²) in [5.41, 5.74) is 1.06. The van der Waals surface area contributed by atoms with Crippen molar-refractivity contribution in [2.75, 3.05) is 57.1 Å². The molecule has 1 aromatic heterocycles. The number of phenols is 1. The minimum Gasteiger partial charge on any atom is -0.508 e. The number of hydrogen-bond acceptors (Lipinski definition) is 7. The first kappa shape index (κ1) is 24.8. The Morgan fingerprint density at radius 1 is 0.949 bits per heavy atom. The second kappa shape index (κ2) is 9.18. The molecule has 3 aliphatic rings. The summed E-state index contributed by atoms with van der Waals surface area (Å²) < 4.78 is 16.7. The van der Waals surface area contributed by atoms with Gasteiger partial charge in [-0.25, -0.2) is 9.37 Å². The third-order valence-corrected chi connectivity index (χ3v) is 9.29. The fraction of sp³-hybridized carbons (Fsp3) is 0.400. The van der Waals surface area contributed by atoms with E-state index in [0.717, 1.165) is 55.6 Å². The average Bonchev–Trinajstić information content (AvgIpc) is 3.07. The Balaban J connectivity index is 1.42. The number of halogens is 2. The third-order valence-electron chi connectivity index (χ3n) is 8.99. The molecule has 39 heavy (non-hydrogen) atoms. The Kier molecular flexibility index (Phi) is 5.84. The Morgan fingerprint density at radius 3 is 2.38 bits per heavy atom. The first-order chi connectivity index (χ1) is 18.8. The zero-order chi connectivity index (χ0) is 27.0. The summed E-state index contributed by atoms with van der Waals surface area (Å²) in [5.74, 6) is 0.878. The van der Waals surface area contributed by atoms with Crippen molar-refractivity contribution >= 4 is 45.0 Å². The van der Waals surface area contributed by atoms with Gasteiger partial charge in [-0.3, -0.25) is 4.90 Å². The quantitative estimate of drug-likeness (QED) is 0.387. The molecule has 2 atom stereocenters. The second-order valence-electron chi connectivity index (χ2n) is 11.5. The van der Waals surface area contributed by atoms with E-state index in [4.69, 9.17) is 21.6 Å². The minimum absolute atomic E-state index is 0.0616. The van der Waals surface area contributed by atoms with E-state index < -0.39 is 5.82 Å². The number of likely N-dealkylation sites (N-methyl/N-ethyl adjacent to an activating group) is 2. The smallest absolute Gasteiger partial charge is 0.228 e. The normalized spacial score (nSPS) is 21.9. The molecule has 7 rings (SSSR count). The molecule has 3 saturated heterocycles. The highest BCUT2D eigenvalue weighted by Crippen LogP contribution is 2.43. The van der Waals surface area contributed by atoms with Crippen LogP contribution < -0.4 is 9.80 Å². The van der Waals surface area contributed by atoms with Crippen molar-refractivity contribution in [3.05, 3.63) is 53.3 Å². The van der Waals surface area contributed by atoms with Crippen molar-refractivity contribution in [2.45, 2.75) is 31.0 Å². The zero-order valence-electron chi connectivity index (χ0n) is 22.4. The summed E-state index contributed by atoms with van der Waals surface area (Å²) in [6.07, 6.45) is 2.32. The van der Waals surface area contributed by atoms with Crippen molar-refractivity contribution < 1.29 is 9.50 Å². The van der Waals surface area contributed by atoms with Crippen LogP contribution in [0.3, 0.4) is 0 Å². The van der Waals surface area contributed by atoms with Crippen LogP contribution in [0.25, 0.3) is 32.8 Å². The highest BCUT2D eigenvalue weighted by atomic mass is 35.5. The Morgan fingerprint density at radius 2 is 1.67 bits per heavy atom. The Hall–Kier alpha value is -3.20. The molecular weight excluding hydrogens is 515 g/mol. The number of anilines is 2. The van der Waals surface area contributed by atoms with E-state index in [-0.39, 0.29) is 21.9 Å². The lowest BCUT2D eigenvalue weighted by molar-refractivity contribution is 0.212. The summed E-state index contributed by atoms with van der Waals surface area (Å²) in [7, 11) is 6.34. The molecule has 3 fully saturated rings. The van der Waals surface area contributed by atoms with Crippen LogP contribution >= 0.6 is 11.6 Å². The lowest BCUT2D eigenvalue weighted by Gasteiger charge is -2.43. The van der Waals surface area contributed by atoms with Gasteiger partial charge in [0, 0.05) is 55.3 Å². The molecule has 0 aliphatic carbocycles. The maximum Gasteiger partial charge on any atom is 0.228 e. The Labute approximate surface area is 232 Å². The van der Waals surface area contributed by atoms with Crippen LogP contribution in [0.5, 0.6) is 5.75 Å². The van der Waals surface area contributed by atoms with Crippen LogP contribution in [0.2, 0.25) is 5.02 Å². The number of rotatable bonds is 4. The van der Waals surface area contributed by atoms with Crippen LogP contribution in [0.4, 0.5) is 16.2 Å². The summed E-state index contributed by atoms with van der Waals surface area (Å²) in [6.45, 7) is 3.28. The van der Waals surface area contributed by atoms with Gasteiger partial charge >= 0.3 is 0 Å². The second-order valence-corrected chi connectivity index (χ2v) is 11.9. The van der Waals surface area contributed by atoms with Crippen molar-refractivity contribution in [3.63, 3.8) is 0 Å². The van der Waals surface area contributed by atoms with Crippen molar-refractivity contribution in [1.82, 2.24) is 19.8 Å². The molecule has 0 amide bonds. The van der Waals surface area contributed by atoms with Gasteiger partial charge in [-0.1, -0.05) is 35.9 Å². The number of nitrogens with zero attached hydrogens (tertiary/aromatic N) is 6. The molecule has 0 radical (unpaired) electrons. The van der Waals surface area contributed by atoms with E-state index >= 15 is 4.39 Å². The van der Waals surface area contributed by atoms with Gasteiger partial charge in [0.2, 0.25) is 5.95 Å². The van der Waals surface area contributed by atoms with Crippen molar-refractivity contribution in [2.24, 2.45) is 0 Å². The first-order valence-corrected chi connectivity index (χ1v) is 14.0. The van der Waals surface area contributed by atoms with Crippen LogP contribution in [0, 0.1) is 5.82 Å². The standard InChI is InChI=1S/C30H32ClFN6O/c1-35(2)20-15-38(16-20)30-33-28-24(29(34-30)37-13-18-8-9-19(14-37)36(18)3)12-25(31)26(27(28)32)23-11-21(39)10-17-6-4-5-7-22(17)23/h4-7,10-12,18-20,39H,8-9,13-16H2,1-3H3/t18-,19+. The number of aromatic hydroxyl groups is 1. The summed E-state index contributed by atoms with van der Waals surface area (Å²) in [6, 6.07) is 14.0. The number of hydrogen-bond donors (Lipinski definition) is 1. The molecule has 3 aromatic carbocycles. The van der Waals surface area contributed by atoms with E-state index in [0.29, 0.717) is 35.0 Å². The van der Waals surface area contributed by atoms with E-state index in [9.17, 15) is 5.11 Å². The monoisotopic (exact) mass is 546 g/mol. The fourth-order valence-corrected chi connectivity index (χ4v) is 6.83. The predicted octanol–water partition coefficient (Wildman–Crippen LogP) is 4.98. The SMILES string of the molecule is CN(C)C1CN(c2nc(N3C[C@H]4CC[C@@H](C3)N4C)c3cc(Cl)c(-c4cc(O)cc5ccccc45)c(F)c3n2)C1. The van der Waals surface area contributed by atoms with E-state index in [1.54, 1.807) is 12.1 Å². The molecule has 1 N–H and O–H groups in total. The molecule has 3 aliphatic heterocycles. The van der Waals surface area contributed by atoms with Crippen molar-refractivity contribution in [1.29, 1.82) is 0 Å². The maximum atomic E-state index is 16.7. The first-order valence-electron chi connectivity index (χ1n) is 13.6. The highest BCUT2D eigenvalue weighted by molar-refractivity contribution is 6.35. The number of phenolic OH excluding ortho intramolecular Hbond substituents is 1.